The molecular formula is C15H29N3S. The Bertz CT molecular complexity index is 309. The van der Waals surface area contributed by atoms with Gasteiger partial charge in [0.2, 0.25) is 0 Å². The van der Waals surface area contributed by atoms with Gasteiger partial charge in [-0.1, -0.05) is 6.07 Å². The fraction of sp³-hybridized carbons (Fsp3) is 0.733. The molecule has 1 aromatic heterocycles. The molecule has 0 saturated heterocycles. The molecule has 0 aliphatic heterocycles. The summed E-state index contributed by atoms with van der Waals surface area (Å²) in [7, 11) is 4.25. The van der Waals surface area contributed by atoms with Gasteiger partial charge in [-0.2, -0.15) is 0 Å². The zero-order valence-corrected chi connectivity index (χ0v) is 13.7. The van der Waals surface area contributed by atoms with E-state index in [1.807, 2.05) is 11.3 Å². The van der Waals surface area contributed by atoms with Gasteiger partial charge in [0.05, 0.1) is 0 Å². The summed E-state index contributed by atoms with van der Waals surface area (Å²) in [5.74, 6) is 0. The van der Waals surface area contributed by atoms with Gasteiger partial charge in [-0.3, -0.25) is 4.90 Å². The van der Waals surface area contributed by atoms with Crippen LogP contribution in [0.3, 0.4) is 0 Å². The summed E-state index contributed by atoms with van der Waals surface area (Å²) >= 11 is 1.85. The van der Waals surface area contributed by atoms with Crippen molar-refractivity contribution in [2.45, 2.75) is 32.9 Å². The Kier molecular flexibility index (Phi) is 8.30. The van der Waals surface area contributed by atoms with E-state index in [-0.39, 0.29) is 0 Å². The quantitative estimate of drug-likeness (QED) is 0.666. The van der Waals surface area contributed by atoms with Crippen LogP contribution in [0.5, 0.6) is 0 Å². The first-order valence-electron chi connectivity index (χ1n) is 7.21. The molecule has 1 aromatic rings. The molecule has 0 atom stereocenters. The number of nitrogens with one attached hydrogen (secondary N) is 1. The van der Waals surface area contributed by atoms with Gasteiger partial charge < -0.3 is 10.2 Å². The van der Waals surface area contributed by atoms with Gasteiger partial charge in [0.15, 0.2) is 0 Å². The molecule has 0 saturated carbocycles. The van der Waals surface area contributed by atoms with Crippen molar-refractivity contribution >= 4 is 11.3 Å². The Morgan fingerprint density at radius 3 is 2.58 bits per heavy atom. The molecular weight excluding hydrogens is 254 g/mol. The Hall–Kier alpha value is -0.420. The highest BCUT2D eigenvalue weighted by Gasteiger charge is 2.09. The van der Waals surface area contributed by atoms with Crippen molar-refractivity contribution in [3.8, 4) is 0 Å². The van der Waals surface area contributed by atoms with E-state index in [1.54, 1.807) is 0 Å². The second-order valence-corrected chi connectivity index (χ2v) is 6.58. The van der Waals surface area contributed by atoms with Crippen molar-refractivity contribution in [1.82, 2.24) is 15.1 Å². The van der Waals surface area contributed by atoms with E-state index in [1.165, 1.54) is 11.3 Å². The lowest BCUT2D eigenvalue weighted by molar-refractivity contribution is 0.215. The average Bonchev–Trinajstić information content (AvgIpc) is 2.84. The van der Waals surface area contributed by atoms with Crippen molar-refractivity contribution in [1.29, 1.82) is 0 Å². The van der Waals surface area contributed by atoms with Crippen molar-refractivity contribution in [2.75, 3.05) is 40.3 Å². The van der Waals surface area contributed by atoms with E-state index < -0.39 is 0 Å². The fourth-order valence-electron chi connectivity index (χ4n) is 1.99. The van der Waals surface area contributed by atoms with E-state index >= 15 is 0 Å². The molecule has 0 fully saturated rings. The molecule has 0 amide bonds. The van der Waals surface area contributed by atoms with Crippen LogP contribution in [-0.4, -0.2) is 56.1 Å². The highest BCUT2D eigenvalue weighted by atomic mass is 32.1. The van der Waals surface area contributed by atoms with E-state index in [0.717, 1.165) is 32.7 Å². The first kappa shape index (κ1) is 16.6. The molecule has 110 valence electrons. The second kappa shape index (κ2) is 9.48. The number of hydrogen-bond acceptors (Lipinski definition) is 4. The summed E-state index contributed by atoms with van der Waals surface area (Å²) < 4.78 is 0. The number of hydrogen-bond donors (Lipinski definition) is 1. The zero-order valence-electron chi connectivity index (χ0n) is 12.9. The lowest BCUT2D eigenvalue weighted by atomic mass is 10.3. The molecule has 0 aliphatic rings. The maximum Gasteiger partial charge on any atom is 0.0331 e. The second-order valence-electron chi connectivity index (χ2n) is 5.55. The molecule has 0 aliphatic carbocycles. The summed E-state index contributed by atoms with van der Waals surface area (Å²) in [4.78, 5) is 6.23. The topological polar surface area (TPSA) is 18.5 Å². The third-order valence-corrected chi connectivity index (χ3v) is 4.07. The predicted octanol–water partition coefficient (Wildman–Crippen LogP) is 2.50. The molecule has 0 aromatic carbocycles. The minimum Gasteiger partial charge on any atom is -0.315 e. The normalized spacial score (nSPS) is 11.9. The predicted molar refractivity (Wildman–Crippen MR) is 85.9 cm³/mol. The van der Waals surface area contributed by atoms with E-state index in [0.29, 0.717) is 6.04 Å². The Balaban J connectivity index is 2.16. The van der Waals surface area contributed by atoms with Crippen LogP contribution in [0.4, 0.5) is 0 Å². The van der Waals surface area contributed by atoms with Gasteiger partial charge in [0, 0.05) is 30.6 Å². The maximum atomic E-state index is 3.54. The molecule has 19 heavy (non-hydrogen) atoms. The van der Waals surface area contributed by atoms with E-state index in [9.17, 15) is 0 Å². The zero-order chi connectivity index (χ0) is 14.1. The summed E-state index contributed by atoms with van der Waals surface area (Å²) in [6.07, 6.45) is 1.22. The lowest BCUT2D eigenvalue weighted by Crippen LogP contribution is -2.36. The first-order valence-corrected chi connectivity index (χ1v) is 8.09. The number of thiophene rings is 1. The summed E-state index contributed by atoms with van der Waals surface area (Å²) in [6, 6.07) is 4.97. The largest absolute Gasteiger partial charge is 0.315 e. The fourth-order valence-corrected chi connectivity index (χ4v) is 2.72. The average molecular weight is 283 g/mol. The van der Waals surface area contributed by atoms with Gasteiger partial charge >= 0.3 is 0 Å². The first-order chi connectivity index (χ1) is 9.09. The van der Waals surface area contributed by atoms with Crippen LogP contribution >= 0.6 is 11.3 Å². The summed E-state index contributed by atoms with van der Waals surface area (Å²) in [5, 5.41) is 5.70. The van der Waals surface area contributed by atoms with Crippen LogP contribution in [-0.2, 0) is 6.54 Å². The van der Waals surface area contributed by atoms with Crippen LogP contribution in [0.2, 0.25) is 0 Å². The molecule has 0 unspecified atom stereocenters. The smallest absolute Gasteiger partial charge is 0.0331 e. The summed E-state index contributed by atoms with van der Waals surface area (Å²) in [5.41, 5.74) is 0. The molecule has 1 rings (SSSR count). The van der Waals surface area contributed by atoms with E-state index in [4.69, 9.17) is 0 Å². The van der Waals surface area contributed by atoms with Crippen molar-refractivity contribution in [2.24, 2.45) is 0 Å². The van der Waals surface area contributed by atoms with Gasteiger partial charge in [-0.15, -0.1) is 11.3 Å². The van der Waals surface area contributed by atoms with Gasteiger partial charge in [0.25, 0.3) is 0 Å². The molecule has 1 N–H and O–H groups in total. The molecule has 0 radical (unpaired) electrons. The van der Waals surface area contributed by atoms with Crippen LogP contribution < -0.4 is 5.32 Å². The van der Waals surface area contributed by atoms with Crippen molar-refractivity contribution < 1.29 is 0 Å². The molecule has 0 bridgehead atoms. The number of nitrogens with zero attached hydrogens (tertiary/aromatic N) is 2. The van der Waals surface area contributed by atoms with Crippen LogP contribution in [0.15, 0.2) is 17.5 Å². The summed E-state index contributed by atoms with van der Waals surface area (Å²) in [6.45, 7) is 10.1. The van der Waals surface area contributed by atoms with Gasteiger partial charge in [0.1, 0.15) is 0 Å². The van der Waals surface area contributed by atoms with Crippen molar-refractivity contribution in [3.05, 3.63) is 22.4 Å². The minimum atomic E-state index is 0.602. The Morgan fingerprint density at radius 1 is 1.21 bits per heavy atom. The molecule has 3 nitrogen and oxygen atoms in total. The highest BCUT2D eigenvalue weighted by Crippen LogP contribution is 2.13. The lowest BCUT2D eigenvalue weighted by Gasteiger charge is -2.26. The standard InChI is InChI=1S/C15H29N3S/c1-14(2)18(13-15-7-5-12-19-15)11-9-16-8-6-10-17(3)4/h5,7,12,14,16H,6,8-11,13H2,1-4H3. The van der Waals surface area contributed by atoms with Gasteiger partial charge in [-0.25, -0.2) is 0 Å². The molecule has 1 heterocycles. The van der Waals surface area contributed by atoms with Crippen molar-refractivity contribution in [3.63, 3.8) is 0 Å². The van der Waals surface area contributed by atoms with Crippen LogP contribution in [0.1, 0.15) is 25.1 Å². The van der Waals surface area contributed by atoms with Crippen LogP contribution in [0.25, 0.3) is 0 Å². The monoisotopic (exact) mass is 283 g/mol. The molecule has 4 heteroatoms. The third kappa shape index (κ3) is 7.67. The SMILES string of the molecule is CC(C)N(CCNCCCN(C)C)Cc1cccs1. The third-order valence-electron chi connectivity index (χ3n) is 3.20. The van der Waals surface area contributed by atoms with Gasteiger partial charge in [-0.05, 0) is 58.9 Å². The maximum absolute atomic E-state index is 3.54. The molecule has 0 spiro atoms. The minimum absolute atomic E-state index is 0.602. The number of rotatable bonds is 10. The highest BCUT2D eigenvalue weighted by molar-refractivity contribution is 7.09. The Labute approximate surface area is 122 Å². The Morgan fingerprint density at radius 2 is 2.00 bits per heavy atom. The van der Waals surface area contributed by atoms with Crippen LogP contribution in [0, 0.1) is 0 Å². The van der Waals surface area contributed by atoms with E-state index in [2.05, 4.69) is 60.6 Å².